The molecule has 86 valence electrons. The molecule has 1 N–H and O–H groups in total. The van der Waals surface area contributed by atoms with Crippen LogP contribution in [-0.4, -0.2) is 17.6 Å². The van der Waals surface area contributed by atoms with Gasteiger partial charge in [-0.25, -0.2) is 9.78 Å². The van der Waals surface area contributed by atoms with Crippen LogP contribution in [0.5, 0.6) is 0 Å². The van der Waals surface area contributed by atoms with E-state index in [2.05, 4.69) is 10.3 Å². The Bertz CT molecular complexity index is 400. The van der Waals surface area contributed by atoms with Crippen molar-refractivity contribution in [2.75, 3.05) is 11.9 Å². The third kappa shape index (κ3) is 3.73. The van der Waals surface area contributed by atoms with Crippen molar-refractivity contribution in [1.82, 2.24) is 4.98 Å². The monoisotopic (exact) mass is 220 g/mol. The highest BCUT2D eigenvalue weighted by Gasteiger charge is 2.03. The van der Waals surface area contributed by atoms with Crippen LogP contribution in [0.3, 0.4) is 0 Å². The molecule has 4 heteroatoms. The first-order chi connectivity index (χ1) is 7.63. The van der Waals surface area contributed by atoms with Crippen LogP contribution in [0.4, 0.5) is 5.82 Å². The molecule has 0 bridgehead atoms. The lowest BCUT2D eigenvalue weighted by Crippen LogP contribution is -2.07. The van der Waals surface area contributed by atoms with E-state index >= 15 is 0 Å². The predicted molar refractivity (Wildman–Crippen MR) is 63.0 cm³/mol. The van der Waals surface area contributed by atoms with E-state index in [0.717, 1.165) is 5.69 Å². The number of anilines is 1. The zero-order chi connectivity index (χ0) is 12.0. The van der Waals surface area contributed by atoms with Gasteiger partial charge >= 0.3 is 5.97 Å². The van der Waals surface area contributed by atoms with Crippen LogP contribution in [-0.2, 0) is 9.53 Å². The van der Waals surface area contributed by atoms with E-state index in [1.165, 1.54) is 0 Å². The fourth-order valence-corrected chi connectivity index (χ4v) is 1.11. The molecule has 0 spiro atoms. The minimum absolute atomic E-state index is 0.317. The van der Waals surface area contributed by atoms with E-state index in [4.69, 9.17) is 4.74 Å². The fourth-order valence-electron chi connectivity index (χ4n) is 1.11. The van der Waals surface area contributed by atoms with Crippen molar-refractivity contribution >= 4 is 11.8 Å². The number of aryl methyl sites for hydroxylation is 1. The molecule has 0 aromatic carbocycles. The lowest BCUT2D eigenvalue weighted by Gasteiger charge is -2.03. The van der Waals surface area contributed by atoms with Gasteiger partial charge in [-0.3, -0.25) is 0 Å². The topological polar surface area (TPSA) is 51.2 Å². The molecular formula is C12H16N2O2. The number of carbonyl (C=O) groups excluding carboxylic acids is 1. The maximum absolute atomic E-state index is 11.3. The smallest absolute Gasteiger partial charge is 0.335 e. The fraction of sp³-hybridized carbons (Fsp3) is 0.333. The highest BCUT2D eigenvalue weighted by atomic mass is 16.5. The minimum atomic E-state index is -0.317. The van der Waals surface area contributed by atoms with Gasteiger partial charge in [-0.15, -0.1) is 0 Å². The highest BCUT2D eigenvalue weighted by molar-refractivity contribution is 5.88. The molecule has 1 rings (SSSR count). The molecule has 0 radical (unpaired) electrons. The molecule has 0 amide bonds. The normalized spacial score (nSPS) is 11.1. The first kappa shape index (κ1) is 12.2. The maximum Gasteiger partial charge on any atom is 0.335 e. The van der Waals surface area contributed by atoms with Gasteiger partial charge in [0.15, 0.2) is 0 Å². The van der Waals surface area contributed by atoms with E-state index in [-0.39, 0.29) is 5.97 Å². The van der Waals surface area contributed by atoms with Gasteiger partial charge in [0, 0.05) is 11.9 Å². The van der Waals surface area contributed by atoms with Crippen LogP contribution >= 0.6 is 0 Å². The molecule has 0 fully saturated rings. The van der Waals surface area contributed by atoms with Crippen LogP contribution in [0, 0.1) is 6.92 Å². The summed E-state index contributed by atoms with van der Waals surface area (Å²) in [6, 6.07) is 5.65. The number of carbonyl (C=O) groups is 1. The average molecular weight is 220 g/mol. The summed E-state index contributed by atoms with van der Waals surface area (Å²) in [5.74, 6) is 0.395. The van der Waals surface area contributed by atoms with Crippen molar-refractivity contribution in [3.05, 3.63) is 35.7 Å². The van der Waals surface area contributed by atoms with Crippen LogP contribution < -0.4 is 5.32 Å². The highest BCUT2D eigenvalue weighted by Crippen LogP contribution is 2.05. The van der Waals surface area contributed by atoms with E-state index < -0.39 is 0 Å². The molecule has 0 saturated carbocycles. The third-order valence-corrected chi connectivity index (χ3v) is 1.92. The molecule has 16 heavy (non-hydrogen) atoms. The largest absolute Gasteiger partial charge is 0.463 e. The van der Waals surface area contributed by atoms with Gasteiger partial charge in [-0.05, 0) is 32.9 Å². The van der Waals surface area contributed by atoms with E-state index in [1.807, 2.05) is 25.1 Å². The number of hydrogen-bond donors (Lipinski definition) is 1. The second-order valence-corrected chi connectivity index (χ2v) is 3.36. The van der Waals surface area contributed by atoms with Crippen molar-refractivity contribution < 1.29 is 9.53 Å². The Labute approximate surface area is 95.3 Å². The second-order valence-electron chi connectivity index (χ2n) is 3.36. The number of nitrogens with zero attached hydrogens (tertiary/aromatic N) is 1. The number of rotatable bonds is 4. The van der Waals surface area contributed by atoms with Gasteiger partial charge in [0.25, 0.3) is 0 Å². The van der Waals surface area contributed by atoms with Gasteiger partial charge < -0.3 is 10.1 Å². The van der Waals surface area contributed by atoms with Crippen molar-refractivity contribution in [3.63, 3.8) is 0 Å². The summed E-state index contributed by atoms with van der Waals surface area (Å²) in [4.78, 5) is 15.5. The summed E-state index contributed by atoms with van der Waals surface area (Å²) in [6.07, 6.45) is 1.60. The van der Waals surface area contributed by atoms with Gasteiger partial charge in [0.05, 0.1) is 12.2 Å². The zero-order valence-electron chi connectivity index (χ0n) is 9.78. The zero-order valence-corrected chi connectivity index (χ0v) is 9.78. The van der Waals surface area contributed by atoms with Crippen molar-refractivity contribution in [3.8, 4) is 0 Å². The summed E-state index contributed by atoms with van der Waals surface area (Å²) >= 11 is 0. The van der Waals surface area contributed by atoms with Crippen molar-refractivity contribution in [1.29, 1.82) is 0 Å². The second kappa shape index (κ2) is 5.90. The first-order valence-corrected chi connectivity index (χ1v) is 5.17. The number of esters is 1. The molecule has 0 saturated heterocycles. The standard InChI is InChI=1S/C12H16N2O2/c1-4-16-12(15)9(2)8-13-11-7-5-6-10(3)14-11/h5-8H,4H2,1-3H3,(H,13,14)/b9-8+. The minimum Gasteiger partial charge on any atom is -0.463 e. The molecule has 1 aromatic heterocycles. The van der Waals surface area contributed by atoms with E-state index in [1.54, 1.807) is 20.0 Å². The number of pyridine rings is 1. The van der Waals surface area contributed by atoms with Crippen LogP contribution in [0.1, 0.15) is 19.5 Å². The van der Waals surface area contributed by atoms with E-state index in [9.17, 15) is 4.79 Å². The molecular weight excluding hydrogens is 204 g/mol. The summed E-state index contributed by atoms with van der Waals surface area (Å²) in [6.45, 7) is 5.77. The summed E-state index contributed by atoms with van der Waals surface area (Å²) in [5, 5.41) is 2.95. The molecule has 1 aromatic rings. The maximum atomic E-state index is 11.3. The van der Waals surface area contributed by atoms with Crippen LogP contribution in [0.2, 0.25) is 0 Å². The quantitative estimate of drug-likeness (QED) is 0.624. The number of hydrogen-bond acceptors (Lipinski definition) is 4. The Balaban J connectivity index is 2.62. The molecule has 0 aliphatic heterocycles. The Morgan fingerprint density at radius 2 is 2.31 bits per heavy atom. The Morgan fingerprint density at radius 3 is 2.94 bits per heavy atom. The van der Waals surface area contributed by atoms with Gasteiger partial charge in [0.1, 0.15) is 5.82 Å². The average Bonchev–Trinajstić information content (AvgIpc) is 2.26. The van der Waals surface area contributed by atoms with Crippen LogP contribution in [0.25, 0.3) is 0 Å². The number of nitrogens with one attached hydrogen (secondary N) is 1. The molecule has 0 unspecified atom stereocenters. The lowest BCUT2D eigenvalue weighted by molar-refractivity contribution is -0.138. The molecule has 1 heterocycles. The van der Waals surface area contributed by atoms with Crippen molar-refractivity contribution in [2.24, 2.45) is 0 Å². The molecule has 4 nitrogen and oxygen atoms in total. The lowest BCUT2D eigenvalue weighted by atomic mass is 10.3. The van der Waals surface area contributed by atoms with Gasteiger partial charge in [0.2, 0.25) is 0 Å². The van der Waals surface area contributed by atoms with Gasteiger partial charge in [-0.1, -0.05) is 6.07 Å². The van der Waals surface area contributed by atoms with E-state index in [0.29, 0.717) is 18.0 Å². The molecule has 0 aliphatic rings. The summed E-state index contributed by atoms with van der Waals surface area (Å²) in [5.41, 5.74) is 1.44. The summed E-state index contributed by atoms with van der Waals surface area (Å²) < 4.78 is 4.85. The van der Waals surface area contributed by atoms with Gasteiger partial charge in [-0.2, -0.15) is 0 Å². The Hall–Kier alpha value is -1.84. The molecule has 0 aliphatic carbocycles. The first-order valence-electron chi connectivity index (χ1n) is 5.17. The predicted octanol–water partition coefficient (Wildman–Crippen LogP) is 2.27. The molecule has 0 atom stereocenters. The Morgan fingerprint density at radius 1 is 1.56 bits per heavy atom. The Kier molecular flexibility index (Phi) is 4.51. The third-order valence-electron chi connectivity index (χ3n) is 1.92. The SMILES string of the molecule is CCOC(=O)/C(C)=C/Nc1cccc(C)n1. The number of aromatic nitrogens is 1. The summed E-state index contributed by atoms with van der Waals surface area (Å²) in [7, 11) is 0. The van der Waals surface area contributed by atoms with Crippen LogP contribution in [0.15, 0.2) is 30.0 Å². The van der Waals surface area contributed by atoms with Crippen molar-refractivity contribution in [2.45, 2.75) is 20.8 Å². The number of ether oxygens (including phenoxy) is 1.